The van der Waals surface area contributed by atoms with E-state index in [4.69, 9.17) is 23.7 Å². The number of ether oxygens (including phenoxy) is 5. The lowest BCUT2D eigenvalue weighted by Gasteiger charge is -2.44. The monoisotopic (exact) mass is 260 g/mol. The van der Waals surface area contributed by atoms with Gasteiger partial charge in [0, 0.05) is 33.9 Å². The first kappa shape index (κ1) is 14.2. The molecule has 0 aliphatic carbocycles. The van der Waals surface area contributed by atoms with Crippen molar-refractivity contribution in [3.05, 3.63) is 0 Å². The molecule has 0 radical (unpaired) electrons. The van der Waals surface area contributed by atoms with Crippen molar-refractivity contribution in [1.29, 1.82) is 0 Å². The quantitative estimate of drug-likeness (QED) is 0.760. The third-order valence-electron chi connectivity index (χ3n) is 3.89. The van der Waals surface area contributed by atoms with E-state index < -0.39 is 0 Å². The van der Waals surface area contributed by atoms with Gasteiger partial charge in [0.15, 0.2) is 6.29 Å². The smallest absolute Gasteiger partial charge is 0.186 e. The van der Waals surface area contributed by atoms with Gasteiger partial charge in [-0.15, -0.1) is 0 Å². The minimum Gasteiger partial charge on any atom is -0.382 e. The summed E-state index contributed by atoms with van der Waals surface area (Å²) < 4.78 is 28.2. The summed E-state index contributed by atoms with van der Waals surface area (Å²) >= 11 is 0. The molecule has 2 bridgehead atoms. The standard InChI is InChI=1S/C13H24O5/c1-14-8-10-9-6-4-5-7-17-13(18-10)12(16-3)11(9)15-2/h9-13H,4-8H2,1-3H3. The number of hydrogen-bond donors (Lipinski definition) is 0. The maximum atomic E-state index is 5.99. The molecule has 0 spiro atoms. The lowest BCUT2D eigenvalue weighted by Crippen LogP contribution is -2.57. The maximum Gasteiger partial charge on any atom is 0.186 e. The predicted octanol–water partition coefficient (Wildman–Crippen LogP) is 1.20. The van der Waals surface area contributed by atoms with Crippen LogP contribution in [-0.2, 0) is 23.7 Å². The van der Waals surface area contributed by atoms with Gasteiger partial charge in [0.2, 0.25) is 0 Å². The van der Waals surface area contributed by atoms with Gasteiger partial charge in [0.25, 0.3) is 0 Å². The summed E-state index contributed by atoms with van der Waals surface area (Å²) in [5.74, 6) is 0.304. The summed E-state index contributed by atoms with van der Waals surface area (Å²) in [6, 6.07) is 0. The van der Waals surface area contributed by atoms with E-state index >= 15 is 0 Å². The molecule has 3 aliphatic heterocycles. The highest BCUT2D eigenvalue weighted by Crippen LogP contribution is 2.35. The second kappa shape index (κ2) is 6.82. The van der Waals surface area contributed by atoms with Gasteiger partial charge < -0.3 is 23.7 Å². The molecule has 0 aromatic carbocycles. The van der Waals surface area contributed by atoms with Gasteiger partial charge in [-0.3, -0.25) is 0 Å². The first-order chi connectivity index (χ1) is 8.81. The van der Waals surface area contributed by atoms with E-state index in [1.54, 1.807) is 21.3 Å². The molecule has 0 amide bonds. The molecule has 0 N–H and O–H groups in total. The second-order valence-corrected chi connectivity index (χ2v) is 4.93. The van der Waals surface area contributed by atoms with Gasteiger partial charge >= 0.3 is 0 Å². The lowest BCUT2D eigenvalue weighted by atomic mass is 9.85. The molecule has 3 rings (SSSR count). The average Bonchev–Trinajstić information content (AvgIpc) is 2.53. The Hall–Kier alpha value is -0.200. The molecule has 3 heterocycles. The first-order valence-corrected chi connectivity index (χ1v) is 6.63. The van der Waals surface area contributed by atoms with Crippen LogP contribution >= 0.6 is 0 Å². The fraction of sp³-hybridized carbons (Fsp3) is 1.00. The molecule has 3 fully saturated rings. The van der Waals surface area contributed by atoms with Crippen LogP contribution in [0.5, 0.6) is 0 Å². The molecule has 18 heavy (non-hydrogen) atoms. The summed E-state index contributed by atoms with van der Waals surface area (Å²) in [4.78, 5) is 0. The van der Waals surface area contributed by atoms with Crippen LogP contribution in [-0.4, -0.2) is 59.1 Å². The van der Waals surface area contributed by atoms with Gasteiger partial charge in [0.05, 0.1) is 18.8 Å². The summed E-state index contributed by atoms with van der Waals surface area (Å²) in [7, 11) is 5.11. The van der Waals surface area contributed by atoms with Gasteiger partial charge in [-0.05, 0) is 12.8 Å². The SMILES string of the molecule is COCC1OC2OCCCCC1C(OC)C2OC. The Kier molecular flexibility index (Phi) is 5.38. The molecule has 5 nitrogen and oxygen atoms in total. The molecule has 3 saturated heterocycles. The summed E-state index contributed by atoms with van der Waals surface area (Å²) in [6.07, 6.45) is 2.75. The molecular formula is C13H24O5. The van der Waals surface area contributed by atoms with Crippen LogP contribution in [0, 0.1) is 5.92 Å². The predicted molar refractivity (Wildman–Crippen MR) is 65.4 cm³/mol. The van der Waals surface area contributed by atoms with Crippen molar-refractivity contribution in [2.24, 2.45) is 5.92 Å². The molecule has 5 heteroatoms. The molecule has 106 valence electrons. The van der Waals surface area contributed by atoms with Crippen LogP contribution in [0.3, 0.4) is 0 Å². The first-order valence-electron chi connectivity index (χ1n) is 6.63. The molecule has 3 aliphatic rings. The fourth-order valence-corrected chi connectivity index (χ4v) is 3.01. The van der Waals surface area contributed by atoms with Crippen molar-refractivity contribution in [2.75, 3.05) is 34.5 Å². The largest absolute Gasteiger partial charge is 0.382 e. The van der Waals surface area contributed by atoms with Crippen molar-refractivity contribution in [3.63, 3.8) is 0 Å². The zero-order valence-corrected chi connectivity index (χ0v) is 11.5. The van der Waals surface area contributed by atoms with Crippen LogP contribution in [0.2, 0.25) is 0 Å². The summed E-state index contributed by atoms with van der Waals surface area (Å²) in [6.45, 7) is 1.29. The van der Waals surface area contributed by atoms with Crippen molar-refractivity contribution < 1.29 is 23.7 Å². The van der Waals surface area contributed by atoms with Gasteiger partial charge in [-0.1, -0.05) is 6.42 Å². The Balaban J connectivity index is 2.20. The highest BCUT2D eigenvalue weighted by atomic mass is 16.7. The van der Waals surface area contributed by atoms with E-state index in [1.807, 2.05) is 0 Å². The number of fused-ring (bicyclic) bond motifs is 6. The van der Waals surface area contributed by atoms with Crippen LogP contribution in [0.25, 0.3) is 0 Å². The summed E-state index contributed by atoms with van der Waals surface area (Å²) in [5.41, 5.74) is 0. The Morgan fingerprint density at radius 2 is 1.83 bits per heavy atom. The van der Waals surface area contributed by atoms with E-state index in [1.165, 1.54) is 0 Å². The normalized spacial score (nSPS) is 41.2. The van der Waals surface area contributed by atoms with E-state index in [-0.39, 0.29) is 24.6 Å². The molecule has 5 unspecified atom stereocenters. The highest BCUT2D eigenvalue weighted by molar-refractivity contribution is 4.91. The summed E-state index contributed by atoms with van der Waals surface area (Å²) in [5, 5.41) is 0. The molecular weight excluding hydrogens is 236 g/mol. The second-order valence-electron chi connectivity index (χ2n) is 4.93. The third-order valence-corrected chi connectivity index (χ3v) is 3.89. The van der Waals surface area contributed by atoms with E-state index in [9.17, 15) is 0 Å². The van der Waals surface area contributed by atoms with Gasteiger partial charge in [-0.2, -0.15) is 0 Å². The molecule has 0 aromatic rings. The average molecular weight is 260 g/mol. The molecule has 0 saturated carbocycles. The zero-order chi connectivity index (χ0) is 13.0. The van der Waals surface area contributed by atoms with E-state index in [0.29, 0.717) is 19.1 Å². The maximum absolute atomic E-state index is 5.99. The Morgan fingerprint density at radius 3 is 2.50 bits per heavy atom. The number of rotatable bonds is 4. The van der Waals surface area contributed by atoms with Crippen LogP contribution in [0.4, 0.5) is 0 Å². The lowest BCUT2D eigenvalue weighted by molar-refractivity contribution is -0.296. The minimum atomic E-state index is -0.352. The van der Waals surface area contributed by atoms with Crippen LogP contribution in [0.1, 0.15) is 19.3 Å². The van der Waals surface area contributed by atoms with Crippen molar-refractivity contribution >= 4 is 0 Å². The number of methoxy groups -OCH3 is 3. The zero-order valence-electron chi connectivity index (χ0n) is 11.5. The van der Waals surface area contributed by atoms with Crippen molar-refractivity contribution in [3.8, 4) is 0 Å². The van der Waals surface area contributed by atoms with E-state index in [2.05, 4.69) is 0 Å². The Bertz CT molecular complexity index is 248. The van der Waals surface area contributed by atoms with Gasteiger partial charge in [-0.25, -0.2) is 0 Å². The van der Waals surface area contributed by atoms with Crippen molar-refractivity contribution in [1.82, 2.24) is 0 Å². The fourth-order valence-electron chi connectivity index (χ4n) is 3.01. The molecule has 5 atom stereocenters. The minimum absolute atomic E-state index is 0.00648. The van der Waals surface area contributed by atoms with Crippen LogP contribution in [0.15, 0.2) is 0 Å². The van der Waals surface area contributed by atoms with E-state index in [0.717, 1.165) is 19.3 Å². The van der Waals surface area contributed by atoms with Crippen LogP contribution < -0.4 is 0 Å². The highest BCUT2D eigenvalue weighted by Gasteiger charge is 2.47. The topological polar surface area (TPSA) is 46.2 Å². The Morgan fingerprint density at radius 1 is 1.06 bits per heavy atom. The third kappa shape index (κ3) is 2.86. The van der Waals surface area contributed by atoms with Gasteiger partial charge in [0.1, 0.15) is 6.10 Å². The molecule has 0 aromatic heterocycles. The number of hydrogen-bond acceptors (Lipinski definition) is 5. The Labute approximate surface area is 109 Å². The van der Waals surface area contributed by atoms with Crippen molar-refractivity contribution in [2.45, 2.75) is 43.9 Å².